The summed E-state index contributed by atoms with van der Waals surface area (Å²) in [5.74, 6) is 1.44. The SMILES string of the molecule is CC[C@H](C)N(Cc1nc2c(ccc3cc4c(cc32)OCc2cc(-c3cnc([C@@H]5CC[C@H](C)N5C(=O)[C@@H](NC(=O)OC)[C@@H](C)OC)[nH]3)ccc2-4)[nH]1)C(=O)[C@@H](NC(=O)OC)[C@@H](C)OC. The van der Waals surface area contributed by atoms with E-state index in [1.165, 1.54) is 28.4 Å². The molecule has 4 N–H and O–H groups in total. The van der Waals surface area contributed by atoms with Crippen molar-refractivity contribution in [1.29, 1.82) is 0 Å². The standard InChI is InChI=1S/C45H56N8O9/c1-10-23(2)52(42(54)38(25(4)58-6)50-44(56)60-8)21-37-47-33-15-13-27-18-32-30-14-12-28(17-29(30)22-62-36(32)19-31(27)40(33)49-37)34-20-46-41(48-34)35-16-11-24(3)53(35)43(55)39(26(5)59-7)51-45(57)61-9/h12-15,17-20,23-26,35,38-39H,10-11,16,21-22H2,1-9H3,(H,46,48)(H,47,49)(H,50,56)(H,51,57)/t23-,24-,25+,26+,35-,38-,39-/m0/s1. The van der Waals surface area contributed by atoms with Crippen LogP contribution in [0.2, 0.25) is 0 Å². The lowest BCUT2D eigenvalue weighted by molar-refractivity contribution is -0.140. The summed E-state index contributed by atoms with van der Waals surface area (Å²) in [6.07, 6.45) is 1.35. The average Bonchev–Trinajstić information content (AvgIpc) is 4.05. The number of aromatic nitrogens is 4. The summed E-state index contributed by atoms with van der Waals surface area (Å²) in [5, 5.41) is 7.17. The Morgan fingerprint density at radius 3 is 2.31 bits per heavy atom. The number of imidazole rings is 2. The number of methoxy groups -OCH3 is 4. The summed E-state index contributed by atoms with van der Waals surface area (Å²) in [6.45, 7) is 9.96. The molecule has 2 aliphatic rings. The van der Waals surface area contributed by atoms with Crippen LogP contribution in [0.15, 0.2) is 48.7 Å². The molecule has 2 aromatic heterocycles. The molecule has 17 heteroatoms. The van der Waals surface area contributed by atoms with Crippen molar-refractivity contribution in [3.8, 4) is 28.1 Å². The van der Waals surface area contributed by atoms with Gasteiger partial charge in [0, 0.05) is 37.3 Å². The first kappa shape index (κ1) is 43.9. The quantitative estimate of drug-likeness (QED) is 0.0968. The Balaban J connectivity index is 1.13. The predicted molar refractivity (Wildman–Crippen MR) is 231 cm³/mol. The van der Waals surface area contributed by atoms with Gasteiger partial charge in [-0.2, -0.15) is 0 Å². The highest BCUT2D eigenvalue weighted by atomic mass is 16.5. The fourth-order valence-corrected chi connectivity index (χ4v) is 8.43. The third-order valence-electron chi connectivity index (χ3n) is 12.4. The Morgan fingerprint density at radius 2 is 1.61 bits per heavy atom. The van der Waals surface area contributed by atoms with Gasteiger partial charge in [0.2, 0.25) is 11.8 Å². The Kier molecular flexibility index (Phi) is 13.0. The van der Waals surface area contributed by atoms with E-state index < -0.39 is 36.5 Å². The van der Waals surface area contributed by atoms with E-state index in [0.29, 0.717) is 31.1 Å². The van der Waals surface area contributed by atoms with Crippen molar-refractivity contribution in [2.75, 3.05) is 28.4 Å². The molecule has 5 aromatic rings. The monoisotopic (exact) mass is 852 g/mol. The molecule has 0 aliphatic carbocycles. The Morgan fingerprint density at radius 1 is 0.903 bits per heavy atom. The number of ether oxygens (including phenoxy) is 5. The highest BCUT2D eigenvalue weighted by Gasteiger charge is 2.42. The lowest BCUT2D eigenvalue weighted by atomic mass is 9.92. The molecule has 7 atom stereocenters. The normalized spacial score (nSPS) is 18.2. The third kappa shape index (κ3) is 8.50. The minimum atomic E-state index is -0.960. The number of alkyl carbamates (subject to hydrolysis) is 2. The van der Waals surface area contributed by atoms with Gasteiger partial charge in [-0.05, 0) is 93.3 Å². The molecule has 62 heavy (non-hydrogen) atoms. The van der Waals surface area contributed by atoms with Gasteiger partial charge in [-0.1, -0.05) is 25.1 Å². The molecule has 7 rings (SSSR count). The highest BCUT2D eigenvalue weighted by Crippen LogP contribution is 2.43. The lowest BCUT2D eigenvalue weighted by Crippen LogP contribution is -2.55. The maximum atomic E-state index is 14.0. The van der Waals surface area contributed by atoms with Crippen molar-refractivity contribution < 1.29 is 42.9 Å². The van der Waals surface area contributed by atoms with Crippen LogP contribution in [0.5, 0.6) is 5.75 Å². The maximum absolute atomic E-state index is 14.0. The molecule has 0 bridgehead atoms. The van der Waals surface area contributed by atoms with E-state index in [-0.39, 0.29) is 36.5 Å². The van der Waals surface area contributed by atoms with E-state index in [1.807, 2.05) is 39.0 Å². The van der Waals surface area contributed by atoms with Gasteiger partial charge in [-0.15, -0.1) is 0 Å². The first-order valence-corrected chi connectivity index (χ1v) is 20.9. The molecule has 0 spiro atoms. The van der Waals surface area contributed by atoms with Gasteiger partial charge in [0.15, 0.2) is 0 Å². The number of hydrogen-bond donors (Lipinski definition) is 4. The van der Waals surface area contributed by atoms with Crippen molar-refractivity contribution in [1.82, 2.24) is 40.4 Å². The average molecular weight is 853 g/mol. The van der Waals surface area contributed by atoms with Gasteiger partial charge in [0.25, 0.3) is 0 Å². The van der Waals surface area contributed by atoms with Gasteiger partial charge in [-0.25, -0.2) is 19.6 Å². The summed E-state index contributed by atoms with van der Waals surface area (Å²) in [7, 11) is 5.50. The van der Waals surface area contributed by atoms with Crippen LogP contribution in [0, 0.1) is 0 Å². The summed E-state index contributed by atoms with van der Waals surface area (Å²) in [5.41, 5.74) is 6.35. The molecule has 4 heterocycles. The van der Waals surface area contributed by atoms with Crippen LogP contribution >= 0.6 is 0 Å². The van der Waals surface area contributed by atoms with Crippen LogP contribution in [0.1, 0.15) is 77.1 Å². The fraction of sp³-hybridized carbons (Fsp3) is 0.467. The molecule has 17 nitrogen and oxygen atoms in total. The van der Waals surface area contributed by atoms with E-state index in [1.54, 1.807) is 29.8 Å². The largest absolute Gasteiger partial charge is 0.488 e. The number of nitrogens with one attached hydrogen (secondary N) is 4. The second-order valence-electron chi connectivity index (χ2n) is 16.1. The van der Waals surface area contributed by atoms with E-state index in [9.17, 15) is 19.2 Å². The minimum absolute atomic E-state index is 0.0764. The number of nitrogens with zero attached hydrogens (tertiary/aromatic N) is 4. The van der Waals surface area contributed by atoms with Gasteiger partial charge in [0.1, 0.15) is 36.1 Å². The Labute approximate surface area is 360 Å². The van der Waals surface area contributed by atoms with Crippen molar-refractivity contribution in [3.63, 3.8) is 0 Å². The van der Waals surface area contributed by atoms with Crippen molar-refractivity contribution in [2.24, 2.45) is 0 Å². The second kappa shape index (κ2) is 18.4. The van der Waals surface area contributed by atoms with Crippen LogP contribution < -0.4 is 15.4 Å². The number of carbonyl (C=O) groups excluding carboxylic acids is 4. The number of hydrogen-bond acceptors (Lipinski definition) is 11. The summed E-state index contributed by atoms with van der Waals surface area (Å²) < 4.78 is 26.9. The van der Waals surface area contributed by atoms with Gasteiger partial charge in [0.05, 0.1) is 61.9 Å². The third-order valence-corrected chi connectivity index (χ3v) is 12.4. The molecule has 330 valence electrons. The molecule has 0 unspecified atom stereocenters. The number of carbonyl (C=O) groups is 4. The van der Waals surface area contributed by atoms with Crippen molar-refractivity contribution in [2.45, 2.75) is 109 Å². The van der Waals surface area contributed by atoms with Crippen LogP contribution in [0.25, 0.3) is 44.2 Å². The van der Waals surface area contributed by atoms with Crippen molar-refractivity contribution >= 4 is 45.8 Å². The lowest BCUT2D eigenvalue weighted by Gasteiger charge is -2.33. The number of amides is 4. The molecular formula is C45H56N8O9. The van der Waals surface area contributed by atoms with Crippen molar-refractivity contribution in [3.05, 3.63) is 65.9 Å². The first-order valence-electron chi connectivity index (χ1n) is 20.9. The Hall–Kier alpha value is -6.20. The topological polar surface area (TPSA) is 202 Å². The number of fused-ring (bicyclic) bond motifs is 6. The molecule has 4 amide bonds. The highest BCUT2D eigenvalue weighted by molar-refractivity contribution is 6.07. The predicted octanol–water partition coefficient (Wildman–Crippen LogP) is 6.36. The zero-order valence-corrected chi connectivity index (χ0v) is 36.7. The van der Waals surface area contributed by atoms with Crippen LogP contribution in [0.4, 0.5) is 9.59 Å². The smallest absolute Gasteiger partial charge is 0.407 e. The number of aromatic amines is 2. The summed E-state index contributed by atoms with van der Waals surface area (Å²) in [4.78, 5) is 72.3. The van der Waals surface area contributed by atoms with Crippen LogP contribution in [-0.4, -0.2) is 119 Å². The molecule has 0 saturated carbocycles. The molecule has 3 aromatic carbocycles. The van der Waals surface area contributed by atoms with E-state index in [4.69, 9.17) is 33.7 Å². The fourth-order valence-electron chi connectivity index (χ4n) is 8.43. The first-order chi connectivity index (χ1) is 29.8. The molecule has 0 radical (unpaired) electrons. The number of H-pyrrole nitrogens is 2. The van der Waals surface area contributed by atoms with E-state index in [0.717, 1.165) is 61.9 Å². The zero-order valence-electron chi connectivity index (χ0n) is 36.7. The zero-order chi connectivity index (χ0) is 44.4. The number of benzene rings is 3. The molecule has 2 aliphatic heterocycles. The molecule has 1 fully saturated rings. The summed E-state index contributed by atoms with van der Waals surface area (Å²) in [6, 6.07) is 12.0. The van der Waals surface area contributed by atoms with E-state index in [2.05, 4.69) is 44.9 Å². The number of likely N-dealkylation sites (tertiary alicyclic amines) is 1. The maximum Gasteiger partial charge on any atom is 0.407 e. The Bertz CT molecular complexity index is 2470. The minimum Gasteiger partial charge on any atom is -0.488 e. The molecule has 1 saturated heterocycles. The van der Waals surface area contributed by atoms with E-state index >= 15 is 0 Å². The van der Waals surface area contributed by atoms with Crippen LogP contribution in [-0.2, 0) is 41.7 Å². The second-order valence-corrected chi connectivity index (χ2v) is 16.1. The number of rotatable bonds is 14. The van der Waals surface area contributed by atoms with Gasteiger partial charge >= 0.3 is 12.2 Å². The summed E-state index contributed by atoms with van der Waals surface area (Å²) >= 11 is 0. The van der Waals surface area contributed by atoms with Crippen LogP contribution in [0.3, 0.4) is 0 Å². The van der Waals surface area contributed by atoms with Gasteiger partial charge in [-0.3, -0.25) is 9.59 Å². The molecular weight excluding hydrogens is 797 g/mol. The van der Waals surface area contributed by atoms with Gasteiger partial charge < -0.3 is 54.1 Å².